The van der Waals surface area contributed by atoms with Crippen LogP contribution in [0.4, 0.5) is 4.39 Å². The number of carbonyl (C=O) groups is 1. The van der Waals surface area contributed by atoms with Gasteiger partial charge in [-0.15, -0.1) is 0 Å². The molecular formula is C15H15FN2O2. The van der Waals surface area contributed by atoms with Crippen LogP contribution in [0.1, 0.15) is 21.5 Å². The third-order valence-electron chi connectivity index (χ3n) is 3.19. The molecule has 5 heteroatoms. The topological polar surface area (TPSA) is 65.1 Å². The highest BCUT2D eigenvalue weighted by Gasteiger charge is 2.16. The Hall–Kier alpha value is -2.43. The molecule has 0 radical (unpaired) electrons. The number of rotatable bonds is 2. The Morgan fingerprint density at radius 3 is 2.25 bits per heavy atom. The zero-order chi connectivity index (χ0) is 15.0. The number of nitrogens with zero attached hydrogens (tertiary/aromatic N) is 1. The molecule has 0 spiro atoms. The van der Waals surface area contributed by atoms with Crippen LogP contribution >= 0.6 is 0 Å². The lowest BCUT2D eigenvalue weighted by Gasteiger charge is -2.12. The minimum atomic E-state index is -0.773. The van der Waals surface area contributed by atoms with E-state index in [0.717, 1.165) is 0 Å². The molecule has 0 aliphatic rings. The quantitative estimate of drug-likeness (QED) is 0.909. The van der Waals surface area contributed by atoms with Crippen LogP contribution in [-0.4, -0.2) is 10.5 Å². The Morgan fingerprint density at radius 1 is 1.20 bits per heavy atom. The number of amides is 1. The van der Waals surface area contributed by atoms with Crippen molar-refractivity contribution in [3.63, 3.8) is 0 Å². The summed E-state index contributed by atoms with van der Waals surface area (Å²) in [6.07, 6.45) is 3.00. The molecule has 1 aromatic heterocycles. The largest absolute Gasteiger partial charge is 0.365 e. The van der Waals surface area contributed by atoms with Crippen molar-refractivity contribution >= 4 is 5.91 Å². The molecule has 0 fully saturated rings. The van der Waals surface area contributed by atoms with Gasteiger partial charge in [-0.25, -0.2) is 4.39 Å². The second-order valence-corrected chi connectivity index (χ2v) is 4.86. The summed E-state index contributed by atoms with van der Waals surface area (Å²) in [6, 6.07) is 2.72. The van der Waals surface area contributed by atoms with Crippen LogP contribution in [0.15, 0.2) is 29.3 Å². The summed E-state index contributed by atoms with van der Waals surface area (Å²) in [4.78, 5) is 23.7. The van der Waals surface area contributed by atoms with Gasteiger partial charge in [-0.2, -0.15) is 0 Å². The average Bonchev–Trinajstić information content (AvgIpc) is 2.31. The van der Waals surface area contributed by atoms with Gasteiger partial charge in [-0.1, -0.05) is 0 Å². The lowest BCUT2D eigenvalue weighted by atomic mass is 9.95. The van der Waals surface area contributed by atoms with Crippen LogP contribution in [0.5, 0.6) is 0 Å². The van der Waals surface area contributed by atoms with E-state index in [0.29, 0.717) is 22.3 Å². The normalized spacial score (nSPS) is 10.6. The Morgan fingerprint density at radius 2 is 1.75 bits per heavy atom. The number of hydrogen-bond donors (Lipinski definition) is 1. The van der Waals surface area contributed by atoms with E-state index in [-0.39, 0.29) is 11.4 Å². The number of pyridine rings is 1. The SMILES string of the molecule is Cc1cc(F)cc(C)c1-c1cn(C)cc(C(N)=O)c1=O. The molecule has 0 aliphatic carbocycles. The summed E-state index contributed by atoms with van der Waals surface area (Å²) in [5.74, 6) is -1.13. The highest BCUT2D eigenvalue weighted by atomic mass is 19.1. The van der Waals surface area contributed by atoms with Gasteiger partial charge in [0.2, 0.25) is 5.43 Å². The number of carbonyl (C=O) groups excluding carboxylic acids is 1. The first-order valence-electron chi connectivity index (χ1n) is 6.08. The molecule has 1 heterocycles. The molecule has 0 bridgehead atoms. The number of halogens is 1. The highest BCUT2D eigenvalue weighted by Crippen LogP contribution is 2.25. The van der Waals surface area contributed by atoms with Crippen molar-refractivity contribution in [3.05, 3.63) is 57.3 Å². The van der Waals surface area contributed by atoms with Crippen molar-refractivity contribution in [1.29, 1.82) is 0 Å². The lowest BCUT2D eigenvalue weighted by Crippen LogP contribution is -2.24. The number of benzene rings is 1. The van der Waals surface area contributed by atoms with Gasteiger partial charge in [0.15, 0.2) is 0 Å². The molecule has 0 atom stereocenters. The number of aryl methyl sites for hydroxylation is 3. The molecule has 2 aromatic rings. The van der Waals surface area contributed by atoms with Crippen LogP contribution in [0.3, 0.4) is 0 Å². The average molecular weight is 274 g/mol. The van der Waals surface area contributed by atoms with Crippen molar-refractivity contribution < 1.29 is 9.18 Å². The predicted molar refractivity (Wildman–Crippen MR) is 75.1 cm³/mol. The highest BCUT2D eigenvalue weighted by molar-refractivity contribution is 5.93. The molecule has 1 aromatic carbocycles. The van der Waals surface area contributed by atoms with E-state index in [4.69, 9.17) is 5.73 Å². The monoisotopic (exact) mass is 274 g/mol. The van der Waals surface area contributed by atoms with Gasteiger partial charge < -0.3 is 10.3 Å². The summed E-state index contributed by atoms with van der Waals surface area (Å²) in [7, 11) is 1.70. The maximum absolute atomic E-state index is 13.4. The molecule has 0 saturated heterocycles. The standard InChI is InChI=1S/C15H15FN2O2/c1-8-4-10(16)5-9(2)13(8)11-6-18(3)7-12(14(11)19)15(17)20/h4-7H,1-3H3,(H2,17,20). The summed E-state index contributed by atoms with van der Waals surface area (Å²) < 4.78 is 15.0. The smallest absolute Gasteiger partial charge is 0.254 e. The van der Waals surface area contributed by atoms with Gasteiger partial charge >= 0.3 is 0 Å². The van der Waals surface area contributed by atoms with Crippen molar-refractivity contribution in [1.82, 2.24) is 4.57 Å². The first kappa shape index (κ1) is 14.0. The number of nitrogens with two attached hydrogens (primary N) is 1. The van der Waals surface area contributed by atoms with E-state index in [9.17, 15) is 14.0 Å². The molecule has 2 rings (SSSR count). The first-order chi connectivity index (χ1) is 9.31. The molecule has 0 unspecified atom stereocenters. The van der Waals surface area contributed by atoms with Gasteiger partial charge in [0.1, 0.15) is 11.4 Å². The minimum absolute atomic E-state index is 0.0758. The second kappa shape index (κ2) is 4.92. The molecule has 104 valence electrons. The summed E-state index contributed by atoms with van der Waals surface area (Å²) in [6.45, 7) is 3.45. The van der Waals surface area contributed by atoms with Gasteiger partial charge in [0.05, 0.1) is 0 Å². The lowest BCUT2D eigenvalue weighted by molar-refractivity contribution is 0.0998. The van der Waals surface area contributed by atoms with Crippen LogP contribution in [0, 0.1) is 19.7 Å². The summed E-state index contributed by atoms with van der Waals surface area (Å²) in [5.41, 5.74) is 6.97. The van der Waals surface area contributed by atoms with E-state index in [1.54, 1.807) is 31.7 Å². The van der Waals surface area contributed by atoms with Crippen LogP contribution in [0.25, 0.3) is 11.1 Å². The molecule has 20 heavy (non-hydrogen) atoms. The fourth-order valence-electron chi connectivity index (χ4n) is 2.40. The van der Waals surface area contributed by atoms with Crippen molar-refractivity contribution in [2.75, 3.05) is 0 Å². The molecule has 4 nitrogen and oxygen atoms in total. The van der Waals surface area contributed by atoms with Gasteiger partial charge in [0.25, 0.3) is 5.91 Å². The molecule has 1 amide bonds. The van der Waals surface area contributed by atoms with Crippen molar-refractivity contribution in [2.45, 2.75) is 13.8 Å². The van der Waals surface area contributed by atoms with Gasteiger partial charge in [-0.05, 0) is 42.7 Å². The Labute approximate surface area is 115 Å². The second-order valence-electron chi connectivity index (χ2n) is 4.86. The molecule has 2 N–H and O–H groups in total. The van der Waals surface area contributed by atoms with E-state index >= 15 is 0 Å². The third-order valence-corrected chi connectivity index (χ3v) is 3.19. The number of primary amides is 1. The van der Waals surface area contributed by atoms with Crippen molar-refractivity contribution in [2.24, 2.45) is 12.8 Å². The fourth-order valence-corrected chi connectivity index (χ4v) is 2.40. The number of hydrogen-bond acceptors (Lipinski definition) is 2. The zero-order valence-electron chi connectivity index (χ0n) is 11.5. The minimum Gasteiger partial charge on any atom is -0.365 e. The van der Waals surface area contributed by atoms with Crippen LogP contribution < -0.4 is 11.2 Å². The van der Waals surface area contributed by atoms with Gasteiger partial charge in [-0.3, -0.25) is 9.59 Å². The molecular weight excluding hydrogens is 259 g/mol. The first-order valence-corrected chi connectivity index (χ1v) is 6.08. The van der Waals surface area contributed by atoms with E-state index < -0.39 is 11.3 Å². The molecule has 0 aliphatic heterocycles. The molecule has 0 saturated carbocycles. The maximum Gasteiger partial charge on any atom is 0.254 e. The number of aromatic nitrogens is 1. The van der Waals surface area contributed by atoms with Crippen LogP contribution in [-0.2, 0) is 7.05 Å². The van der Waals surface area contributed by atoms with Crippen LogP contribution in [0.2, 0.25) is 0 Å². The third kappa shape index (κ3) is 2.34. The Kier molecular flexibility index (Phi) is 3.44. The Balaban J connectivity index is 2.84. The summed E-state index contributed by atoms with van der Waals surface area (Å²) >= 11 is 0. The summed E-state index contributed by atoms with van der Waals surface area (Å²) in [5, 5.41) is 0. The maximum atomic E-state index is 13.4. The van der Waals surface area contributed by atoms with E-state index in [1.165, 1.54) is 18.3 Å². The fraction of sp³-hybridized carbons (Fsp3) is 0.200. The van der Waals surface area contributed by atoms with Crippen molar-refractivity contribution in [3.8, 4) is 11.1 Å². The predicted octanol–water partition coefficient (Wildman–Crippen LogP) is 1.91. The zero-order valence-corrected chi connectivity index (χ0v) is 11.5. The van der Waals surface area contributed by atoms with E-state index in [1.807, 2.05) is 0 Å². The Bertz CT molecular complexity index is 740. The van der Waals surface area contributed by atoms with E-state index in [2.05, 4.69) is 0 Å². The van der Waals surface area contributed by atoms with Gasteiger partial charge in [0, 0.05) is 25.0 Å².